The van der Waals surface area contributed by atoms with Crippen LogP contribution >= 0.6 is 15.9 Å². The van der Waals surface area contributed by atoms with Gasteiger partial charge in [0.05, 0.1) is 5.69 Å². The first-order chi connectivity index (χ1) is 9.99. The number of fused-ring (bicyclic) bond motifs is 1. The van der Waals surface area contributed by atoms with Crippen LogP contribution in [0.3, 0.4) is 0 Å². The van der Waals surface area contributed by atoms with Gasteiger partial charge in [0.2, 0.25) is 6.79 Å². The number of hydrogen-bond donors (Lipinski definition) is 2. The molecule has 0 saturated carbocycles. The predicted molar refractivity (Wildman–Crippen MR) is 75.7 cm³/mol. The van der Waals surface area contributed by atoms with E-state index in [0.29, 0.717) is 17.2 Å². The topological polar surface area (TPSA) is 98.0 Å². The number of furan rings is 1. The molecule has 2 aromatic rings. The van der Waals surface area contributed by atoms with Crippen molar-refractivity contribution in [1.29, 1.82) is 0 Å². The van der Waals surface area contributed by atoms with Gasteiger partial charge in [-0.2, -0.15) is 0 Å². The van der Waals surface area contributed by atoms with Gasteiger partial charge in [0.15, 0.2) is 16.2 Å². The Bertz CT molecular complexity index is 785. The van der Waals surface area contributed by atoms with E-state index in [4.69, 9.17) is 19.0 Å². The molecular formula is C12H10BrNO6S. The monoisotopic (exact) mass is 375 g/mol. The number of ether oxygens (including phenoxy) is 2. The highest BCUT2D eigenvalue weighted by atomic mass is 79.9. The molecule has 1 aromatic carbocycles. The Hall–Kier alpha value is -1.71. The van der Waals surface area contributed by atoms with Gasteiger partial charge in [-0.1, -0.05) is 0 Å². The van der Waals surface area contributed by atoms with Crippen molar-refractivity contribution in [1.82, 2.24) is 0 Å². The van der Waals surface area contributed by atoms with Crippen molar-refractivity contribution in [3.05, 3.63) is 34.7 Å². The zero-order valence-corrected chi connectivity index (χ0v) is 12.9. The fourth-order valence-electron chi connectivity index (χ4n) is 1.83. The van der Waals surface area contributed by atoms with Crippen LogP contribution in [0.4, 0.5) is 5.69 Å². The average molecular weight is 376 g/mol. The van der Waals surface area contributed by atoms with Crippen LogP contribution in [-0.4, -0.2) is 20.3 Å². The van der Waals surface area contributed by atoms with E-state index in [0.717, 1.165) is 0 Å². The molecule has 0 atom stereocenters. The summed E-state index contributed by atoms with van der Waals surface area (Å²) in [5, 5.41) is 8.98. The number of nitrogens with one attached hydrogen (secondary N) is 1. The zero-order chi connectivity index (χ0) is 15.0. The maximum absolute atomic E-state index is 12.3. The molecule has 21 heavy (non-hydrogen) atoms. The van der Waals surface area contributed by atoms with E-state index in [-0.39, 0.29) is 22.1 Å². The van der Waals surface area contributed by atoms with Crippen molar-refractivity contribution in [3.8, 4) is 11.5 Å². The minimum atomic E-state index is -3.85. The number of hydrogen-bond acceptors (Lipinski definition) is 6. The Morgan fingerprint density at radius 1 is 1.24 bits per heavy atom. The second kappa shape index (κ2) is 5.24. The van der Waals surface area contributed by atoms with Crippen molar-refractivity contribution < 1.29 is 27.4 Å². The van der Waals surface area contributed by atoms with Gasteiger partial charge in [0.25, 0.3) is 10.0 Å². The molecular weight excluding hydrogens is 366 g/mol. The molecule has 9 heteroatoms. The largest absolute Gasteiger partial charge is 0.454 e. The second-order valence-corrected chi connectivity index (χ2v) is 6.55. The van der Waals surface area contributed by atoms with Crippen molar-refractivity contribution in [2.75, 3.05) is 11.5 Å². The number of halogens is 1. The van der Waals surface area contributed by atoms with E-state index in [9.17, 15) is 8.42 Å². The van der Waals surface area contributed by atoms with Crippen molar-refractivity contribution in [3.63, 3.8) is 0 Å². The molecule has 0 saturated heterocycles. The van der Waals surface area contributed by atoms with Gasteiger partial charge in [0, 0.05) is 12.1 Å². The molecule has 2 N–H and O–H groups in total. The summed E-state index contributed by atoms with van der Waals surface area (Å²) in [5.74, 6) is 1.18. The van der Waals surface area contributed by atoms with E-state index in [1.807, 2.05) is 0 Å². The summed E-state index contributed by atoms with van der Waals surface area (Å²) in [5.41, 5.74) is 0.331. The van der Waals surface area contributed by atoms with E-state index >= 15 is 0 Å². The molecule has 1 aliphatic heterocycles. The smallest absolute Gasteiger partial charge is 0.266 e. The van der Waals surface area contributed by atoms with Crippen LogP contribution in [0.25, 0.3) is 0 Å². The highest BCUT2D eigenvalue weighted by Gasteiger charge is 2.23. The molecule has 0 radical (unpaired) electrons. The van der Waals surface area contributed by atoms with Crippen molar-refractivity contribution in [2.45, 2.75) is 11.5 Å². The van der Waals surface area contributed by atoms with E-state index < -0.39 is 16.6 Å². The van der Waals surface area contributed by atoms with Gasteiger partial charge < -0.3 is 19.0 Å². The van der Waals surface area contributed by atoms with Crippen molar-refractivity contribution >= 4 is 31.6 Å². The van der Waals surface area contributed by atoms with E-state index in [1.54, 1.807) is 12.1 Å². The number of benzene rings is 1. The Morgan fingerprint density at radius 2 is 2.00 bits per heavy atom. The third-order valence-corrected chi connectivity index (χ3v) is 5.01. The zero-order valence-electron chi connectivity index (χ0n) is 10.5. The van der Waals surface area contributed by atoms with Gasteiger partial charge in [0.1, 0.15) is 17.3 Å². The first kappa shape index (κ1) is 14.2. The maximum atomic E-state index is 12.3. The molecule has 0 unspecified atom stereocenters. The quantitative estimate of drug-likeness (QED) is 0.848. The molecule has 1 aliphatic rings. The molecule has 1 aromatic heterocycles. The Kier molecular flexibility index (Phi) is 3.56. The van der Waals surface area contributed by atoms with Gasteiger partial charge >= 0.3 is 0 Å². The lowest BCUT2D eigenvalue weighted by atomic mass is 10.3. The molecule has 0 fully saturated rings. The van der Waals surface area contributed by atoms with Crippen LogP contribution in [-0.2, 0) is 16.6 Å². The summed E-state index contributed by atoms with van der Waals surface area (Å²) in [4.78, 5) is -0.0933. The average Bonchev–Trinajstić information content (AvgIpc) is 3.04. The summed E-state index contributed by atoms with van der Waals surface area (Å²) >= 11 is 3.02. The molecule has 0 amide bonds. The number of sulfonamides is 1. The first-order valence-electron chi connectivity index (χ1n) is 5.81. The lowest BCUT2D eigenvalue weighted by Crippen LogP contribution is -2.12. The van der Waals surface area contributed by atoms with Crippen LogP contribution in [0.1, 0.15) is 5.76 Å². The SMILES string of the molecule is O=S(=O)(Nc1ccc2c(c1)OCO2)c1cc(CO)oc1Br. The number of rotatable bonds is 4. The van der Waals surface area contributed by atoms with Gasteiger partial charge in [-0.15, -0.1) is 0 Å². The third kappa shape index (κ3) is 2.71. The number of anilines is 1. The maximum Gasteiger partial charge on any atom is 0.266 e. The Labute approximate surface area is 128 Å². The molecule has 0 aliphatic carbocycles. The lowest BCUT2D eigenvalue weighted by molar-refractivity contribution is 0.174. The highest BCUT2D eigenvalue weighted by molar-refractivity contribution is 9.10. The number of aliphatic hydroxyl groups is 1. The fraction of sp³-hybridized carbons (Fsp3) is 0.167. The Morgan fingerprint density at radius 3 is 2.71 bits per heavy atom. The lowest BCUT2D eigenvalue weighted by Gasteiger charge is -2.07. The normalized spacial score (nSPS) is 13.4. The molecule has 112 valence electrons. The van der Waals surface area contributed by atoms with Gasteiger partial charge in [-0.25, -0.2) is 8.42 Å². The number of aliphatic hydroxyl groups excluding tert-OH is 1. The van der Waals surface area contributed by atoms with Crippen LogP contribution in [0.5, 0.6) is 11.5 Å². The molecule has 2 heterocycles. The van der Waals surface area contributed by atoms with Crippen LogP contribution in [0.15, 0.2) is 38.2 Å². The van der Waals surface area contributed by atoms with Gasteiger partial charge in [-0.05, 0) is 28.1 Å². The molecule has 0 bridgehead atoms. The summed E-state index contributed by atoms with van der Waals surface area (Å²) in [6, 6.07) is 5.95. The fourth-order valence-corrected chi connectivity index (χ4v) is 3.88. The van der Waals surface area contributed by atoms with Crippen molar-refractivity contribution in [2.24, 2.45) is 0 Å². The molecule has 7 nitrogen and oxygen atoms in total. The predicted octanol–water partition coefficient (Wildman–Crippen LogP) is 2.06. The van der Waals surface area contributed by atoms with Crippen LogP contribution in [0, 0.1) is 0 Å². The standard InChI is InChI=1S/C12H10BrNO6S/c13-12-11(4-8(5-15)20-12)21(16,17)14-7-1-2-9-10(3-7)19-6-18-9/h1-4,14-15H,5-6H2. The summed E-state index contributed by atoms with van der Waals surface area (Å²) < 4.78 is 42.4. The van der Waals surface area contributed by atoms with Crippen LogP contribution < -0.4 is 14.2 Å². The molecule has 0 spiro atoms. The van der Waals surface area contributed by atoms with Crippen LogP contribution in [0.2, 0.25) is 0 Å². The molecule has 3 rings (SSSR count). The highest BCUT2D eigenvalue weighted by Crippen LogP contribution is 2.35. The summed E-state index contributed by atoms with van der Waals surface area (Å²) in [6.07, 6.45) is 0. The summed E-state index contributed by atoms with van der Waals surface area (Å²) in [6.45, 7) is -0.281. The van der Waals surface area contributed by atoms with E-state index in [2.05, 4.69) is 20.7 Å². The minimum absolute atomic E-state index is 0.0276. The van der Waals surface area contributed by atoms with Gasteiger partial charge in [-0.3, -0.25) is 4.72 Å². The second-order valence-electron chi connectivity index (χ2n) is 4.18. The summed E-state index contributed by atoms with van der Waals surface area (Å²) in [7, 11) is -3.85. The third-order valence-electron chi connectivity index (χ3n) is 2.78. The minimum Gasteiger partial charge on any atom is -0.454 e. The van der Waals surface area contributed by atoms with E-state index in [1.165, 1.54) is 12.1 Å². The first-order valence-corrected chi connectivity index (χ1v) is 8.09. The Balaban J connectivity index is 1.90.